The van der Waals surface area contributed by atoms with Crippen molar-refractivity contribution in [1.29, 1.82) is 5.26 Å². The van der Waals surface area contributed by atoms with Gasteiger partial charge in [0.05, 0.1) is 27.9 Å². The Morgan fingerprint density at radius 2 is 2.20 bits per heavy atom. The van der Waals surface area contributed by atoms with Crippen molar-refractivity contribution in [3.63, 3.8) is 0 Å². The first-order valence-electron chi connectivity index (χ1n) is 5.54. The summed E-state index contributed by atoms with van der Waals surface area (Å²) in [6.45, 7) is 0. The van der Waals surface area contributed by atoms with Crippen LogP contribution in [-0.4, -0.2) is 9.55 Å². The van der Waals surface area contributed by atoms with E-state index in [4.69, 9.17) is 29.1 Å². The van der Waals surface area contributed by atoms with Crippen LogP contribution in [-0.2, 0) is 0 Å². The smallest absolute Gasteiger partial charge is 0.276 e. The van der Waals surface area contributed by atoms with Crippen LogP contribution in [0.25, 0.3) is 15.9 Å². The molecule has 0 amide bonds. The van der Waals surface area contributed by atoms with Gasteiger partial charge in [-0.3, -0.25) is 9.36 Å². The normalized spacial score (nSPS) is 10.6. The largest absolute Gasteiger partial charge is 0.331 e. The number of fused-ring (bicyclic) bond motifs is 1. The predicted molar refractivity (Wildman–Crippen MR) is 82.3 cm³/mol. The number of aromatic nitrogens is 2. The highest BCUT2D eigenvalue weighted by molar-refractivity contribution is 7.71. The van der Waals surface area contributed by atoms with E-state index in [2.05, 4.69) is 4.98 Å². The highest BCUT2D eigenvalue weighted by Gasteiger charge is 2.12. The Morgan fingerprint density at radius 1 is 1.40 bits per heavy atom. The molecule has 0 bridgehead atoms. The van der Waals surface area contributed by atoms with Crippen molar-refractivity contribution in [2.75, 3.05) is 0 Å². The van der Waals surface area contributed by atoms with E-state index >= 15 is 0 Å². The summed E-state index contributed by atoms with van der Waals surface area (Å²) in [7, 11) is 0. The van der Waals surface area contributed by atoms with Crippen LogP contribution in [0.3, 0.4) is 0 Å². The fraction of sp³-hybridized carbons (Fsp3) is 0. The van der Waals surface area contributed by atoms with E-state index in [1.54, 1.807) is 24.3 Å². The molecule has 0 aliphatic carbocycles. The lowest BCUT2D eigenvalue weighted by Gasteiger charge is -2.08. The van der Waals surface area contributed by atoms with Crippen LogP contribution < -0.4 is 5.56 Å². The van der Waals surface area contributed by atoms with Gasteiger partial charge in [-0.2, -0.15) is 5.26 Å². The van der Waals surface area contributed by atoms with Gasteiger partial charge in [-0.25, -0.2) is 0 Å². The lowest BCUT2D eigenvalue weighted by Crippen LogP contribution is -2.19. The number of thiophene rings is 1. The Kier molecular flexibility index (Phi) is 3.18. The molecular formula is C13H6ClN3OS2. The van der Waals surface area contributed by atoms with Gasteiger partial charge in [0, 0.05) is 0 Å². The molecule has 0 atom stereocenters. The lowest BCUT2D eigenvalue weighted by molar-refractivity contribution is 0.943. The average Bonchev–Trinajstić information content (AvgIpc) is 2.89. The summed E-state index contributed by atoms with van der Waals surface area (Å²) in [5.74, 6) is 0. The Morgan fingerprint density at radius 3 is 2.95 bits per heavy atom. The van der Waals surface area contributed by atoms with Crippen LogP contribution in [0.5, 0.6) is 0 Å². The highest BCUT2D eigenvalue weighted by Crippen LogP contribution is 2.22. The fourth-order valence-electron chi connectivity index (χ4n) is 1.91. The maximum atomic E-state index is 12.5. The zero-order chi connectivity index (χ0) is 14.3. The van der Waals surface area contributed by atoms with Crippen LogP contribution in [0.2, 0.25) is 5.02 Å². The number of nitriles is 1. The van der Waals surface area contributed by atoms with E-state index in [1.807, 2.05) is 11.4 Å². The van der Waals surface area contributed by atoms with Gasteiger partial charge in [0.2, 0.25) is 0 Å². The molecule has 0 unspecified atom stereocenters. The monoisotopic (exact) mass is 319 g/mol. The summed E-state index contributed by atoms with van der Waals surface area (Å²) in [5, 5.41) is 11.1. The van der Waals surface area contributed by atoms with Crippen LogP contribution >= 0.6 is 35.2 Å². The van der Waals surface area contributed by atoms with Crippen molar-refractivity contribution in [3.8, 4) is 11.8 Å². The first-order chi connectivity index (χ1) is 9.61. The molecular weight excluding hydrogens is 314 g/mol. The summed E-state index contributed by atoms with van der Waals surface area (Å²) in [6.07, 6.45) is 0. The molecule has 0 saturated carbocycles. The topological polar surface area (TPSA) is 61.6 Å². The molecule has 2 heterocycles. The van der Waals surface area contributed by atoms with Crippen molar-refractivity contribution in [2.45, 2.75) is 0 Å². The van der Waals surface area contributed by atoms with Gasteiger partial charge >= 0.3 is 0 Å². The number of hydrogen-bond acceptors (Lipinski definition) is 4. The first kappa shape index (κ1) is 13.1. The Hall–Kier alpha value is -1.94. The Bertz CT molecular complexity index is 978. The van der Waals surface area contributed by atoms with E-state index in [0.717, 1.165) is 0 Å². The molecule has 0 saturated heterocycles. The van der Waals surface area contributed by atoms with Crippen molar-refractivity contribution >= 4 is 45.4 Å². The number of hydrogen-bond donors (Lipinski definition) is 1. The van der Waals surface area contributed by atoms with Crippen molar-refractivity contribution < 1.29 is 0 Å². The quantitative estimate of drug-likeness (QED) is 0.697. The zero-order valence-electron chi connectivity index (χ0n) is 9.88. The lowest BCUT2D eigenvalue weighted by atomic mass is 10.2. The van der Waals surface area contributed by atoms with Gasteiger partial charge in [-0.1, -0.05) is 11.6 Å². The summed E-state index contributed by atoms with van der Waals surface area (Å²) in [6, 6.07) is 8.54. The van der Waals surface area contributed by atoms with Crippen LogP contribution in [0.4, 0.5) is 0 Å². The van der Waals surface area contributed by atoms with Crippen LogP contribution in [0, 0.1) is 16.1 Å². The van der Waals surface area contributed by atoms with E-state index < -0.39 is 0 Å². The third-order valence-electron chi connectivity index (χ3n) is 2.82. The molecule has 20 heavy (non-hydrogen) atoms. The maximum absolute atomic E-state index is 12.5. The predicted octanol–water partition coefficient (Wildman–Crippen LogP) is 3.63. The second-order valence-corrected chi connectivity index (χ2v) is 5.72. The number of rotatable bonds is 1. The Balaban J connectivity index is 2.44. The third-order valence-corrected chi connectivity index (χ3v) is 4.33. The SMILES string of the molecule is N#Cc1ccc(Cl)c(-n2c(=S)[nH]c3ccsc3c2=O)c1. The second kappa shape index (κ2) is 4.87. The molecule has 0 aliphatic heterocycles. The molecule has 7 heteroatoms. The minimum absolute atomic E-state index is 0.240. The maximum Gasteiger partial charge on any atom is 0.276 e. The van der Waals surface area contributed by atoms with Crippen LogP contribution in [0.15, 0.2) is 34.4 Å². The highest BCUT2D eigenvalue weighted by atomic mass is 35.5. The number of nitrogens with zero attached hydrogens (tertiary/aromatic N) is 2. The minimum Gasteiger partial charge on any atom is -0.331 e. The van der Waals surface area contributed by atoms with Gasteiger partial charge in [0.1, 0.15) is 4.70 Å². The van der Waals surface area contributed by atoms with Crippen LogP contribution in [0.1, 0.15) is 5.56 Å². The fourth-order valence-corrected chi connectivity index (χ4v) is 3.18. The van der Waals surface area contributed by atoms with Gasteiger partial charge in [-0.15, -0.1) is 11.3 Å². The summed E-state index contributed by atoms with van der Waals surface area (Å²) in [5.41, 5.74) is 1.29. The van der Waals surface area contributed by atoms with Gasteiger partial charge in [-0.05, 0) is 41.9 Å². The number of benzene rings is 1. The molecule has 1 N–H and O–H groups in total. The summed E-state index contributed by atoms with van der Waals surface area (Å²) >= 11 is 12.7. The van der Waals surface area contributed by atoms with Crippen molar-refractivity contribution in [1.82, 2.24) is 9.55 Å². The molecule has 3 aromatic rings. The molecule has 0 radical (unpaired) electrons. The van der Waals surface area contributed by atoms with Gasteiger partial charge in [0.15, 0.2) is 4.77 Å². The zero-order valence-corrected chi connectivity index (χ0v) is 12.3. The van der Waals surface area contributed by atoms with E-state index in [1.165, 1.54) is 15.9 Å². The number of H-pyrrole nitrogens is 1. The molecule has 2 aromatic heterocycles. The Labute approximate surface area is 127 Å². The van der Waals surface area contributed by atoms with Gasteiger partial charge < -0.3 is 4.98 Å². The summed E-state index contributed by atoms with van der Waals surface area (Å²) < 4.78 is 2.13. The van der Waals surface area contributed by atoms with Gasteiger partial charge in [0.25, 0.3) is 5.56 Å². The third kappa shape index (κ3) is 1.96. The first-order valence-corrected chi connectivity index (χ1v) is 7.21. The molecule has 98 valence electrons. The minimum atomic E-state index is -0.240. The standard InChI is InChI=1S/C13H6ClN3OS2/c14-8-2-1-7(6-15)5-10(8)17-12(18)11-9(3-4-20-11)16-13(17)19/h1-5H,(H,16,19). The number of aromatic amines is 1. The molecule has 0 aliphatic rings. The second-order valence-electron chi connectivity index (χ2n) is 4.01. The van der Waals surface area contributed by atoms with E-state index in [0.29, 0.717) is 26.5 Å². The van der Waals surface area contributed by atoms with E-state index in [9.17, 15) is 4.79 Å². The summed E-state index contributed by atoms with van der Waals surface area (Å²) in [4.78, 5) is 15.5. The number of halogens is 1. The van der Waals surface area contributed by atoms with Crippen molar-refractivity contribution in [2.24, 2.45) is 0 Å². The molecule has 1 aromatic carbocycles. The molecule has 4 nitrogen and oxygen atoms in total. The number of nitrogens with one attached hydrogen (secondary N) is 1. The van der Waals surface area contributed by atoms with Crippen molar-refractivity contribution in [3.05, 3.63) is 55.4 Å². The molecule has 0 spiro atoms. The van der Waals surface area contributed by atoms with E-state index in [-0.39, 0.29) is 10.3 Å². The molecule has 3 rings (SSSR count). The average molecular weight is 320 g/mol. The molecule has 0 fully saturated rings.